The van der Waals surface area contributed by atoms with E-state index in [2.05, 4.69) is 13.8 Å². The van der Waals surface area contributed by atoms with E-state index in [4.69, 9.17) is 5.73 Å². The number of rotatable bonds is 4. The van der Waals surface area contributed by atoms with Crippen molar-refractivity contribution in [2.24, 2.45) is 5.73 Å². The van der Waals surface area contributed by atoms with E-state index < -0.39 is 0 Å². The summed E-state index contributed by atoms with van der Waals surface area (Å²) in [6.45, 7) is 4.35. The van der Waals surface area contributed by atoms with Gasteiger partial charge in [-0.3, -0.25) is 4.70 Å². The minimum absolute atomic E-state index is 0. The molecule has 0 aliphatic rings. The van der Waals surface area contributed by atoms with Gasteiger partial charge in [0.25, 0.3) is 0 Å². The molecule has 0 radical (unpaired) electrons. The Labute approximate surface area is 57.0 Å². The van der Waals surface area contributed by atoms with Gasteiger partial charge in [-0.1, -0.05) is 26.7 Å². The third kappa shape index (κ3) is 7.89. The lowest BCUT2D eigenvalue weighted by Gasteiger charge is -2.05. The van der Waals surface area contributed by atoms with Crippen molar-refractivity contribution in [3.05, 3.63) is 0 Å². The molecule has 0 bridgehead atoms. The van der Waals surface area contributed by atoms with Crippen molar-refractivity contribution in [1.29, 1.82) is 0 Å². The zero-order valence-corrected chi connectivity index (χ0v) is 6.39. The maximum atomic E-state index is 5.69. The second-order valence-electron chi connectivity index (χ2n) is 2.34. The first kappa shape index (κ1) is 11.7. The van der Waals surface area contributed by atoms with Gasteiger partial charge in [0.05, 0.1) is 0 Å². The molecule has 0 fully saturated rings. The maximum absolute atomic E-state index is 5.69. The monoisotopic (exact) mass is 135 g/mol. The molecule has 0 atom stereocenters. The first-order chi connectivity index (χ1) is 3.81. The molecule has 0 saturated carbocycles. The molecule has 0 aromatic heterocycles. The minimum atomic E-state index is 0. The lowest BCUT2D eigenvalue weighted by Crippen LogP contribution is -2.18. The van der Waals surface area contributed by atoms with Crippen molar-refractivity contribution in [2.45, 2.75) is 45.6 Å². The van der Waals surface area contributed by atoms with E-state index in [9.17, 15) is 0 Å². The third-order valence-electron chi connectivity index (χ3n) is 1.32. The maximum Gasteiger partial charge on any atom is 0.00386 e. The molecule has 0 spiro atoms. The second kappa shape index (κ2) is 7.89. The van der Waals surface area contributed by atoms with Gasteiger partial charge in [0.15, 0.2) is 0 Å². The van der Waals surface area contributed by atoms with Crippen molar-refractivity contribution in [3.8, 4) is 0 Å². The molecule has 0 aromatic rings. The molecule has 0 aromatic carbocycles. The summed E-state index contributed by atoms with van der Waals surface area (Å²) in [6, 6.07) is 0.463. The van der Waals surface area contributed by atoms with Gasteiger partial charge in [-0.15, -0.1) is 0 Å². The van der Waals surface area contributed by atoms with Gasteiger partial charge in [0.1, 0.15) is 0 Å². The lowest BCUT2D eigenvalue weighted by atomic mass is 10.1. The Morgan fingerprint density at radius 2 is 1.44 bits per heavy atom. The Hall–Kier alpha value is -0.110. The Morgan fingerprint density at radius 1 is 1.11 bits per heavy atom. The van der Waals surface area contributed by atoms with Crippen molar-refractivity contribution in [2.75, 3.05) is 0 Å². The first-order valence-corrected chi connectivity index (χ1v) is 3.56. The molecule has 0 heterocycles. The molecule has 9 heavy (non-hydrogen) atoms. The fourth-order valence-electron chi connectivity index (χ4n) is 0.886. The van der Waals surface area contributed by atoms with Gasteiger partial charge in [-0.2, -0.15) is 0 Å². The molecular weight excluding hydrogens is 117 g/mol. The summed E-state index contributed by atoms with van der Waals surface area (Å²) in [5, 5.41) is 0. The van der Waals surface area contributed by atoms with Gasteiger partial charge in [-0.25, -0.2) is 0 Å². The van der Waals surface area contributed by atoms with Crippen LogP contribution in [0.15, 0.2) is 0 Å². The van der Waals surface area contributed by atoms with Crippen LogP contribution in [0.1, 0.15) is 39.5 Å². The molecular formula is C7H18FN. The number of hydrogen-bond donors (Lipinski definition) is 1. The van der Waals surface area contributed by atoms with Crippen LogP contribution in [0.2, 0.25) is 0 Å². The molecule has 0 amide bonds. The van der Waals surface area contributed by atoms with Crippen LogP contribution >= 0.6 is 0 Å². The van der Waals surface area contributed by atoms with E-state index in [0.717, 1.165) is 0 Å². The topological polar surface area (TPSA) is 26.0 Å². The van der Waals surface area contributed by atoms with E-state index >= 15 is 0 Å². The predicted octanol–water partition coefficient (Wildman–Crippen LogP) is 2.07. The van der Waals surface area contributed by atoms with Crippen molar-refractivity contribution < 1.29 is 4.70 Å². The Bertz CT molecular complexity index is 42.2. The fourth-order valence-corrected chi connectivity index (χ4v) is 0.886. The van der Waals surface area contributed by atoms with Crippen LogP contribution in [-0.4, -0.2) is 6.04 Å². The van der Waals surface area contributed by atoms with Crippen LogP contribution in [0, 0.1) is 0 Å². The lowest BCUT2D eigenvalue weighted by molar-refractivity contribution is 0.554. The highest BCUT2D eigenvalue weighted by Gasteiger charge is 1.95. The normalized spacial score (nSPS) is 9.33. The molecule has 0 unspecified atom stereocenters. The number of nitrogens with two attached hydrogens (primary N) is 1. The zero-order valence-electron chi connectivity index (χ0n) is 6.39. The molecule has 0 aliphatic carbocycles. The van der Waals surface area contributed by atoms with Gasteiger partial charge < -0.3 is 5.73 Å². The van der Waals surface area contributed by atoms with Gasteiger partial charge in [0, 0.05) is 6.04 Å². The van der Waals surface area contributed by atoms with E-state index in [1.807, 2.05) is 0 Å². The van der Waals surface area contributed by atoms with Crippen molar-refractivity contribution in [3.63, 3.8) is 0 Å². The molecule has 0 aliphatic heterocycles. The van der Waals surface area contributed by atoms with E-state index in [0.29, 0.717) is 6.04 Å². The Morgan fingerprint density at radius 3 is 1.67 bits per heavy atom. The molecule has 0 saturated heterocycles. The number of hydrogen-bond acceptors (Lipinski definition) is 1. The highest BCUT2D eigenvalue weighted by molar-refractivity contribution is 4.57. The van der Waals surface area contributed by atoms with E-state index in [-0.39, 0.29) is 4.70 Å². The van der Waals surface area contributed by atoms with Crippen LogP contribution < -0.4 is 5.73 Å². The fraction of sp³-hybridized carbons (Fsp3) is 1.00. The average Bonchev–Trinajstić information content (AvgIpc) is 1.68. The van der Waals surface area contributed by atoms with E-state index in [1.165, 1.54) is 25.7 Å². The second-order valence-corrected chi connectivity index (χ2v) is 2.34. The molecule has 58 valence electrons. The van der Waals surface area contributed by atoms with E-state index in [1.54, 1.807) is 0 Å². The molecule has 2 heteroatoms. The third-order valence-corrected chi connectivity index (χ3v) is 1.32. The van der Waals surface area contributed by atoms with Gasteiger partial charge in [0.2, 0.25) is 0 Å². The SMILES string of the molecule is CCCC(N)CCC.F. The summed E-state index contributed by atoms with van der Waals surface area (Å²) in [5.41, 5.74) is 5.69. The van der Waals surface area contributed by atoms with Crippen molar-refractivity contribution >= 4 is 0 Å². The quantitative estimate of drug-likeness (QED) is 0.627. The minimum Gasteiger partial charge on any atom is -0.328 e. The standard InChI is InChI=1S/C7H17N.FH/c1-3-5-7(8)6-4-2;/h7H,3-6,8H2,1-2H3;1H. The van der Waals surface area contributed by atoms with Crippen LogP contribution in [-0.2, 0) is 0 Å². The summed E-state index contributed by atoms with van der Waals surface area (Å²) in [4.78, 5) is 0. The van der Waals surface area contributed by atoms with Gasteiger partial charge in [-0.05, 0) is 12.8 Å². The summed E-state index contributed by atoms with van der Waals surface area (Å²) >= 11 is 0. The molecule has 2 N–H and O–H groups in total. The van der Waals surface area contributed by atoms with Crippen LogP contribution in [0.4, 0.5) is 4.70 Å². The Kier molecular flexibility index (Phi) is 10.2. The number of halogens is 1. The summed E-state index contributed by atoms with van der Waals surface area (Å²) in [7, 11) is 0. The zero-order chi connectivity index (χ0) is 6.41. The highest BCUT2D eigenvalue weighted by atomic mass is 19.0. The van der Waals surface area contributed by atoms with Crippen LogP contribution in [0.25, 0.3) is 0 Å². The smallest absolute Gasteiger partial charge is 0.00386 e. The van der Waals surface area contributed by atoms with Crippen molar-refractivity contribution in [1.82, 2.24) is 0 Å². The van der Waals surface area contributed by atoms with Crippen LogP contribution in [0.5, 0.6) is 0 Å². The molecule has 0 rings (SSSR count). The summed E-state index contributed by atoms with van der Waals surface area (Å²) < 4.78 is 0. The first-order valence-electron chi connectivity index (χ1n) is 3.56. The highest BCUT2D eigenvalue weighted by Crippen LogP contribution is 1.99. The van der Waals surface area contributed by atoms with Crippen LogP contribution in [0.3, 0.4) is 0 Å². The predicted molar refractivity (Wildman–Crippen MR) is 40.3 cm³/mol. The summed E-state index contributed by atoms with van der Waals surface area (Å²) in [5.74, 6) is 0. The molecule has 1 nitrogen and oxygen atoms in total. The Balaban J connectivity index is 0. The average molecular weight is 135 g/mol. The van der Waals surface area contributed by atoms with Gasteiger partial charge >= 0.3 is 0 Å². The largest absolute Gasteiger partial charge is 0.328 e. The summed E-state index contributed by atoms with van der Waals surface area (Å²) in [6.07, 6.45) is 4.82.